The van der Waals surface area contributed by atoms with Crippen molar-refractivity contribution in [3.05, 3.63) is 29.3 Å². The molecule has 0 atom stereocenters. The highest BCUT2D eigenvalue weighted by Crippen LogP contribution is 2.27. The molecule has 1 aliphatic heterocycles. The van der Waals surface area contributed by atoms with Gasteiger partial charge in [-0.05, 0) is 55.4 Å². The summed E-state index contributed by atoms with van der Waals surface area (Å²) in [4.78, 5) is 13.2. The van der Waals surface area contributed by atoms with Crippen LogP contribution in [0, 0.1) is 0 Å². The van der Waals surface area contributed by atoms with Gasteiger partial charge in [0.05, 0.1) is 5.75 Å². The molecular formula is C16H22N2OS. The van der Waals surface area contributed by atoms with Gasteiger partial charge < -0.3 is 0 Å². The number of nitrogens with zero attached hydrogens (tertiary/aromatic N) is 1. The van der Waals surface area contributed by atoms with E-state index in [-0.39, 0.29) is 5.91 Å². The summed E-state index contributed by atoms with van der Waals surface area (Å²) in [6.45, 7) is 1.99. The minimum atomic E-state index is 0.123. The maximum absolute atomic E-state index is 11.9. The minimum Gasteiger partial charge on any atom is -0.288 e. The Balaban J connectivity index is 1.47. The topological polar surface area (TPSA) is 32.3 Å². The monoisotopic (exact) mass is 290 g/mol. The molecular weight excluding hydrogens is 268 g/mol. The van der Waals surface area contributed by atoms with Crippen LogP contribution in [0.15, 0.2) is 23.1 Å². The Morgan fingerprint density at radius 3 is 2.75 bits per heavy atom. The molecule has 108 valence electrons. The average Bonchev–Trinajstić information content (AvgIpc) is 2.93. The van der Waals surface area contributed by atoms with Crippen molar-refractivity contribution in [3.63, 3.8) is 0 Å². The fourth-order valence-electron chi connectivity index (χ4n) is 3.00. The summed E-state index contributed by atoms with van der Waals surface area (Å²) in [5, 5.41) is 2.06. The molecule has 0 saturated carbocycles. The zero-order valence-electron chi connectivity index (χ0n) is 11.9. The van der Waals surface area contributed by atoms with Crippen molar-refractivity contribution in [2.75, 3.05) is 18.8 Å². The van der Waals surface area contributed by atoms with Gasteiger partial charge in [0.25, 0.3) is 0 Å². The molecule has 1 aromatic rings. The molecule has 0 radical (unpaired) electrons. The number of piperidine rings is 1. The van der Waals surface area contributed by atoms with Crippen LogP contribution >= 0.6 is 11.8 Å². The van der Waals surface area contributed by atoms with Crippen molar-refractivity contribution in [1.82, 2.24) is 10.4 Å². The van der Waals surface area contributed by atoms with Gasteiger partial charge in [-0.1, -0.05) is 12.5 Å². The summed E-state index contributed by atoms with van der Waals surface area (Å²) >= 11 is 1.64. The molecule has 0 spiro atoms. The Morgan fingerprint density at radius 1 is 1.10 bits per heavy atom. The number of benzene rings is 1. The predicted octanol–water partition coefficient (Wildman–Crippen LogP) is 2.78. The number of hydrogen-bond acceptors (Lipinski definition) is 3. The summed E-state index contributed by atoms with van der Waals surface area (Å²) in [6, 6.07) is 6.65. The lowest BCUT2D eigenvalue weighted by Gasteiger charge is -2.26. The van der Waals surface area contributed by atoms with E-state index < -0.39 is 0 Å². The van der Waals surface area contributed by atoms with Crippen molar-refractivity contribution >= 4 is 17.7 Å². The second-order valence-electron chi connectivity index (χ2n) is 5.66. The quantitative estimate of drug-likeness (QED) is 0.866. The van der Waals surface area contributed by atoms with E-state index in [2.05, 4.69) is 28.6 Å². The van der Waals surface area contributed by atoms with E-state index in [0.717, 1.165) is 13.1 Å². The number of fused-ring (bicyclic) bond motifs is 1. The summed E-state index contributed by atoms with van der Waals surface area (Å²) in [6.07, 6.45) is 7.37. The number of aryl methyl sites for hydroxylation is 2. The second-order valence-corrected chi connectivity index (χ2v) is 6.70. The van der Waals surface area contributed by atoms with Crippen LogP contribution in [0.4, 0.5) is 0 Å². The lowest BCUT2D eigenvalue weighted by Crippen LogP contribution is -2.45. The molecule has 2 aliphatic rings. The van der Waals surface area contributed by atoms with Gasteiger partial charge in [0.1, 0.15) is 0 Å². The van der Waals surface area contributed by atoms with Gasteiger partial charge in [0.15, 0.2) is 0 Å². The minimum absolute atomic E-state index is 0.123. The normalized spacial score (nSPS) is 18.8. The van der Waals surface area contributed by atoms with Crippen molar-refractivity contribution in [2.45, 2.75) is 43.4 Å². The van der Waals surface area contributed by atoms with Crippen molar-refractivity contribution < 1.29 is 4.79 Å². The highest BCUT2D eigenvalue weighted by atomic mass is 32.2. The molecule has 1 N–H and O–H groups in total. The first kappa shape index (κ1) is 14.0. The van der Waals surface area contributed by atoms with Gasteiger partial charge in [0, 0.05) is 18.0 Å². The number of carbonyl (C=O) groups excluding carboxylic acids is 1. The molecule has 0 unspecified atom stereocenters. The fourth-order valence-corrected chi connectivity index (χ4v) is 3.75. The van der Waals surface area contributed by atoms with Crippen LogP contribution < -0.4 is 5.43 Å². The van der Waals surface area contributed by atoms with E-state index in [1.807, 2.05) is 0 Å². The number of hydrogen-bond donors (Lipinski definition) is 1. The number of rotatable bonds is 4. The summed E-state index contributed by atoms with van der Waals surface area (Å²) in [7, 11) is 0. The third-order valence-electron chi connectivity index (χ3n) is 4.08. The Bertz CT molecular complexity index is 483. The Labute approximate surface area is 125 Å². The van der Waals surface area contributed by atoms with E-state index in [0.29, 0.717) is 5.75 Å². The van der Waals surface area contributed by atoms with Crippen LogP contribution in [-0.2, 0) is 17.6 Å². The first-order valence-electron chi connectivity index (χ1n) is 7.60. The average molecular weight is 290 g/mol. The third kappa shape index (κ3) is 3.55. The van der Waals surface area contributed by atoms with E-state index in [1.165, 1.54) is 54.5 Å². The van der Waals surface area contributed by atoms with E-state index in [4.69, 9.17) is 0 Å². The number of amides is 1. The van der Waals surface area contributed by atoms with Crippen LogP contribution in [0.5, 0.6) is 0 Å². The maximum Gasteiger partial charge on any atom is 0.244 e. The number of hydrazine groups is 1. The zero-order valence-corrected chi connectivity index (χ0v) is 12.7. The SMILES string of the molecule is O=C(CSc1ccc2c(c1)CCC2)NN1CCCCC1. The standard InChI is InChI=1S/C16H22N2OS/c19-16(17-18-9-2-1-3-10-18)12-20-15-8-7-13-5-4-6-14(13)11-15/h7-8,11H,1-6,9-10,12H2,(H,17,19). The van der Waals surface area contributed by atoms with Crippen molar-refractivity contribution in [3.8, 4) is 0 Å². The lowest BCUT2D eigenvalue weighted by atomic mass is 10.1. The molecule has 20 heavy (non-hydrogen) atoms. The van der Waals surface area contributed by atoms with Crippen LogP contribution in [0.2, 0.25) is 0 Å². The molecule has 1 aliphatic carbocycles. The predicted molar refractivity (Wildman–Crippen MR) is 82.8 cm³/mol. The lowest BCUT2D eigenvalue weighted by molar-refractivity contribution is -0.123. The molecule has 1 aromatic carbocycles. The van der Waals surface area contributed by atoms with E-state index in [1.54, 1.807) is 11.8 Å². The summed E-state index contributed by atoms with van der Waals surface area (Å²) in [5.41, 5.74) is 5.99. The Hall–Kier alpha value is -1.00. The highest BCUT2D eigenvalue weighted by Gasteiger charge is 2.14. The first-order valence-corrected chi connectivity index (χ1v) is 8.59. The fraction of sp³-hybridized carbons (Fsp3) is 0.562. The van der Waals surface area contributed by atoms with Gasteiger partial charge in [-0.25, -0.2) is 5.01 Å². The Morgan fingerprint density at radius 2 is 1.90 bits per heavy atom. The molecule has 4 heteroatoms. The first-order chi connectivity index (χ1) is 9.81. The zero-order chi connectivity index (χ0) is 13.8. The van der Waals surface area contributed by atoms with Crippen LogP contribution in [0.25, 0.3) is 0 Å². The molecule has 1 fully saturated rings. The molecule has 0 bridgehead atoms. The van der Waals surface area contributed by atoms with Gasteiger partial charge in [-0.2, -0.15) is 0 Å². The summed E-state index contributed by atoms with van der Waals surface area (Å²) < 4.78 is 0. The molecule has 1 saturated heterocycles. The molecule has 3 nitrogen and oxygen atoms in total. The number of thioether (sulfide) groups is 1. The van der Waals surface area contributed by atoms with Crippen molar-refractivity contribution in [2.24, 2.45) is 0 Å². The number of nitrogens with one attached hydrogen (secondary N) is 1. The van der Waals surface area contributed by atoms with Crippen LogP contribution in [-0.4, -0.2) is 29.8 Å². The summed E-state index contributed by atoms with van der Waals surface area (Å²) in [5.74, 6) is 0.632. The van der Waals surface area contributed by atoms with Crippen LogP contribution in [0.3, 0.4) is 0 Å². The molecule has 1 amide bonds. The largest absolute Gasteiger partial charge is 0.288 e. The van der Waals surface area contributed by atoms with Crippen LogP contribution in [0.1, 0.15) is 36.8 Å². The smallest absolute Gasteiger partial charge is 0.244 e. The third-order valence-corrected chi connectivity index (χ3v) is 5.07. The molecule has 0 aromatic heterocycles. The van der Waals surface area contributed by atoms with E-state index in [9.17, 15) is 4.79 Å². The molecule has 1 heterocycles. The maximum atomic E-state index is 11.9. The highest BCUT2D eigenvalue weighted by molar-refractivity contribution is 8.00. The van der Waals surface area contributed by atoms with Gasteiger partial charge in [0.2, 0.25) is 5.91 Å². The van der Waals surface area contributed by atoms with Gasteiger partial charge >= 0.3 is 0 Å². The Kier molecular flexibility index (Phi) is 4.63. The van der Waals surface area contributed by atoms with E-state index >= 15 is 0 Å². The number of carbonyl (C=O) groups is 1. The van der Waals surface area contributed by atoms with Crippen molar-refractivity contribution in [1.29, 1.82) is 0 Å². The van der Waals surface area contributed by atoms with Gasteiger partial charge in [-0.15, -0.1) is 11.8 Å². The second kappa shape index (κ2) is 6.64. The molecule has 3 rings (SSSR count). The van der Waals surface area contributed by atoms with Gasteiger partial charge in [-0.3, -0.25) is 10.2 Å².